The Morgan fingerprint density at radius 2 is 1.81 bits per heavy atom. The molecule has 150 valence electrons. The minimum atomic E-state index is -0.505. The van der Waals surface area contributed by atoms with Gasteiger partial charge in [0.1, 0.15) is 5.82 Å². The second-order valence-corrected chi connectivity index (χ2v) is 8.57. The topological polar surface area (TPSA) is 32.3 Å². The van der Waals surface area contributed by atoms with Crippen molar-refractivity contribution in [1.29, 1.82) is 0 Å². The number of likely N-dealkylation sites (tertiary alicyclic amines) is 1. The lowest BCUT2D eigenvalue weighted by atomic mass is 9.68. The SMILES string of the molecule is Cl.O=C(N1CCC(NCC2CC2)CC1)C1(c2cccc(F)c2)CCCCC1. The average molecular weight is 395 g/mol. The van der Waals surface area contributed by atoms with E-state index in [1.165, 1.54) is 25.3 Å². The molecular weight excluding hydrogens is 363 g/mol. The molecule has 1 N–H and O–H groups in total. The summed E-state index contributed by atoms with van der Waals surface area (Å²) in [7, 11) is 0. The van der Waals surface area contributed by atoms with Crippen LogP contribution in [-0.2, 0) is 10.2 Å². The Balaban J connectivity index is 0.00000210. The van der Waals surface area contributed by atoms with Crippen molar-refractivity contribution < 1.29 is 9.18 Å². The molecule has 5 heteroatoms. The molecule has 1 aromatic rings. The third kappa shape index (κ3) is 4.65. The van der Waals surface area contributed by atoms with Gasteiger partial charge in [-0.3, -0.25) is 4.79 Å². The molecule has 27 heavy (non-hydrogen) atoms. The van der Waals surface area contributed by atoms with E-state index in [0.29, 0.717) is 6.04 Å². The molecule has 3 fully saturated rings. The first kappa shape index (κ1) is 20.6. The van der Waals surface area contributed by atoms with Crippen molar-refractivity contribution in [2.75, 3.05) is 19.6 Å². The quantitative estimate of drug-likeness (QED) is 0.800. The summed E-state index contributed by atoms with van der Waals surface area (Å²) in [5.41, 5.74) is 0.380. The summed E-state index contributed by atoms with van der Waals surface area (Å²) in [5, 5.41) is 3.68. The van der Waals surface area contributed by atoms with Crippen LogP contribution >= 0.6 is 12.4 Å². The smallest absolute Gasteiger partial charge is 0.233 e. The van der Waals surface area contributed by atoms with E-state index < -0.39 is 5.41 Å². The zero-order chi connectivity index (χ0) is 18.0. The number of carbonyl (C=O) groups excluding carboxylic acids is 1. The van der Waals surface area contributed by atoms with E-state index >= 15 is 0 Å². The molecule has 1 heterocycles. The van der Waals surface area contributed by atoms with Crippen LogP contribution in [0.4, 0.5) is 4.39 Å². The van der Waals surface area contributed by atoms with Crippen LogP contribution in [-0.4, -0.2) is 36.5 Å². The summed E-state index contributed by atoms with van der Waals surface area (Å²) in [4.78, 5) is 15.6. The van der Waals surface area contributed by atoms with Gasteiger partial charge < -0.3 is 10.2 Å². The number of halogens is 2. The first-order valence-electron chi connectivity index (χ1n) is 10.5. The van der Waals surface area contributed by atoms with Crippen LogP contribution in [0.3, 0.4) is 0 Å². The number of hydrogen-bond donors (Lipinski definition) is 1. The number of nitrogens with zero attached hydrogens (tertiary/aromatic N) is 1. The predicted octanol–water partition coefficient (Wildman–Crippen LogP) is 4.44. The standard InChI is InChI=1S/C22H31FN2O.ClH/c23-19-6-4-5-18(15-19)22(11-2-1-3-12-22)21(26)25-13-9-20(10-14-25)24-16-17-7-8-17;/h4-6,15,17,20,24H,1-3,7-14,16H2;1H. The summed E-state index contributed by atoms with van der Waals surface area (Å²) in [6, 6.07) is 7.32. The number of nitrogens with one attached hydrogen (secondary N) is 1. The molecule has 0 radical (unpaired) electrons. The first-order valence-corrected chi connectivity index (χ1v) is 10.5. The van der Waals surface area contributed by atoms with Crippen LogP contribution in [0, 0.1) is 11.7 Å². The van der Waals surface area contributed by atoms with E-state index in [2.05, 4.69) is 10.2 Å². The highest BCUT2D eigenvalue weighted by molar-refractivity contribution is 5.88. The van der Waals surface area contributed by atoms with Gasteiger partial charge in [0, 0.05) is 19.1 Å². The van der Waals surface area contributed by atoms with E-state index in [9.17, 15) is 9.18 Å². The molecule has 0 atom stereocenters. The second-order valence-electron chi connectivity index (χ2n) is 8.57. The molecule has 2 saturated carbocycles. The number of carbonyl (C=O) groups is 1. The first-order chi connectivity index (χ1) is 12.7. The Morgan fingerprint density at radius 3 is 2.44 bits per heavy atom. The molecule has 1 saturated heterocycles. The predicted molar refractivity (Wildman–Crippen MR) is 109 cm³/mol. The third-order valence-electron chi connectivity index (χ3n) is 6.67. The maximum atomic E-state index is 13.9. The summed E-state index contributed by atoms with van der Waals surface area (Å²) < 4.78 is 13.9. The number of piperidine rings is 1. The highest BCUT2D eigenvalue weighted by Crippen LogP contribution is 2.41. The fourth-order valence-electron chi connectivity index (χ4n) is 4.81. The van der Waals surface area contributed by atoms with E-state index in [-0.39, 0.29) is 24.1 Å². The molecule has 4 rings (SSSR count). The van der Waals surface area contributed by atoms with Gasteiger partial charge in [-0.05, 0) is 68.7 Å². The minimum Gasteiger partial charge on any atom is -0.342 e. The Bertz CT molecular complexity index is 635. The molecule has 3 nitrogen and oxygen atoms in total. The lowest BCUT2D eigenvalue weighted by molar-refractivity contribution is -0.140. The van der Waals surface area contributed by atoms with E-state index in [1.807, 2.05) is 6.07 Å². The van der Waals surface area contributed by atoms with Crippen LogP contribution in [0.1, 0.15) is 63.4 Å². The number of amides is 1. The Morgan fingerprint density at radius 1 is 1.11 bits per heavy atom. The fourth-order valence-corrected chi connectivity index (χ4v) is 4.81. The molecule has 1 aliphatic heterocycles. The van der Waals surface area contributed by atoms with Gasteiger partial charge in [-0.25, -0.2) is 4.39 Å². The molecule has 1 amide bonds. The van der Waals surface area contributed by atoms with Crippen LogP contribution < -0.4 is 5.32 Å². The minimum absolute atomic E-state index is 0. The zero-order valence-electron chi connectivity index (χ0n) is 16.1. The Labute approximate surface area is 168 Å². The maximum absolute atomic E-state index is 13.9. The molecule has 2 aliphatic carbocycles. The van der Waals surface area contributed by atoms with Crippen molar-refractivity contribution >= 4 is 18.3 Å². The van der Waals surface area contributed by atoms with Gasteiger partial charge in [-0.15, -0.1) is 12.4 Å². The highest BCUT2D eigenvalue weighted by Gasteiger charge is 2.44. The normalized spacial score (nSPS) is 22.9. The molecule has 0 unspecified atom stereocenters. The van der Waals surface area contributed by atoms with Gasteiger partial charge in [0.2, 0.25) is 5.91 Å². The van der Waals surface area contributed by atoms with Crippen molar-refractivity contribution in [3.8, 4) is 0 Å². The molecule has 0 bridgehead atoms. The van der Waals surface area contributed by atoms with Crippen molar-refractivity contribution in [1.82, 2.24) is 10.2 Å². The van der Waals surface area contributed by atoms with Crippen molar-refractivity contribution in [2.45, 2.75) is 69.2 Å². The fraction of sp³-hybridized carbons (Fsp3) is 0.682. The molecular formula is C22H32ClFN2O. The van der Waals surface area contributed by atoms with Gasteiger partial charge >= 0.3 is 0 Å². The lowest BCUT2D eigenvalue weighted by Gasteiger charge is -2.42. The maximum Gasteiger partial charge on any atom is 0.233 e. The average Bonchev–Trinajstić information content (AvgIpc) is 3.51. The Kier molecular flexibility index (Phi) is 6.80. The van der Waals surface area contributed by atoms with E-state index in [4.69, 9.17) is 0 Å². The molecule has 0 spiro atoms. The zero-order valence-corrected chi connectivity index (χ0v) is 16.9. The van der Waals surface area contributed by atoms with Crippen LogP contribution in [0.2, 0.25) is 0 Å². The molecule has 1 aromatic carbocycles. The van der Waals surface area contributed by atoms with Gasteiger partial charge in [0.15, 0.2) is 0 Å². The van der Waals surface area contributed by atoms with Crippen molar-refractivity contribution in [3.63, 3.8) is 0 Å². The second kappa shape index (κ2) is 8.91. The van der Waals surface area contributed by atoms with Gasteiger partial charge in [0.05, 0.1) is 5.41 Å². The van der Waals surface area contributed by atoms with Crippen LogP contribution in [0.15, 0.2) is 24.3 Å². The van der Waals surface area contributed by atoms with Gasteiger partial charge in [-0.2, -0.15) is 0 Å². The van der Waals surface area contributed by atoms with E-state index in [0.717, 1.165) is 69.6 Å². The molecule has 3 aliphatic rings. The number of benzene rings is 1. The molecule has 0 aromatic heterocycles. The van der Waals surface area contributed by atoms with Gasteiger partial charge in [-0.1, -0.05) is 31.4 Å². The van der Waals surface area contributed by atoms with Crippen LogP contribution in [0.25, 0.3) is 0 Å². The Hall–Kier alpha value is -1.13. The van der Waals surface area contributed by atoms with Crippen molar-refractivity contribution in [3.05, 3.63) is 35.6 Å². The lowest BCUT2D eigenvalue weighted by Crippen LogP contribution is -2.52. The summed E-state index contributed by atoms with van der Waals surface area (Å²) in [6.07, 6.45) is 9.83. The van der Waals surface area contributed by atoms with E-state index in [1.54, 1.807) is 12.1 Å². The summed E-state index contributed by atoms with van der Waals surface area (Å²) in [5.74, 6) is 0.903. The largest absolute Gasteiger partial charge is 0.342 e. The van der Waals surface area contributed by atoms with Crippen LogP contribution in [0.5, 0.6) is 0 Å². The monoisotopic (exact) mass is 394 g/mol. The van der Waals surface area contributed by atoms with Crippen molar-refractivity contribution in [2.24, 2.45) is 5.92 Å². The third-order valence-corrected chi connectivity index (χ3v) is 6.67. The number of hydrogen-bond acceptors (Lipinski definition) is 2. The summed E-state index contributed by atoms with van der Waals surface area (Å²) >= 11 is 0. The highest BCUT2D eigenvalue weighted by atomic mass is 35.5. The van der Waals surface area contributed by atoms with Gasteiger partial charge in [0.25, 0.3) is 0 Å². The number of rotatable bonds is 5. The summed E-state index contributed by atoms with van der Waals surface area (Å²) in [6.45, 7) is 2.81.